The highest BCUT2D eigenvalue weighted by molar-refractivity contribution is 7.17. The van der Waals surface area contributed by atoms with Gasteiger partial charge in [0, 0.05) is 21.0 Å². The van der Waals surface area contributed by atoms with Crippen LogP contribution in [0.4, 0.5) is 8.78 Å². The largest absolute Gasteiger partial charge is 0.486 e. The van der Waals surface area contributed by atoms with Crippen LogP contribution >= 0.6 is 22.7 Å². The van der Waals surface area contributed by atoms with Crippen molar-refractivity contribution in [2.24, 2.45) is 0 Å². The number of hydrogen-bond acceptors (Lipinski definition) is 8. The van der Waals surface area contributed by atoms with E-state index < -0.39 is 30.1 Å². The number of ether oxygens (including phenoxy) is 1. The number of nitrogens with zero attached hydrogens (tertiary/aromatic N) is 3. The van der Waals surface area contributed by atoms with Crippen molar-refractivity contribution in [2.75, 3.05) is 6.54 Å². The van der Waals surface area contributed by atoms with Crippen molar-refractivity contribution in [1.82, 2.24) is 14.9 Å². The van der Waals surface area contributed by atoms with Gasteiger partial charge in [0.15, 0.2) is 11.6 Å². The normalized spacial score (nSPS) is 11.1. The van der Waals surface area contributed by atoms with Gasteiger partial charge in [-0.05, 0) is 35.2 Å². The first-order chi connectivity index (χ1) is 17.9. The minimum absolute atomic E-state index is 0.0797. The van der Waals surface area contributed by atoms with Crippen LogP contribution in [0.25, 0.3) is 21.2 Å². The minimum atomic E-state index is -1.18. The molecule has 2 aromatic carbocycles. The first kappa shape index (κ1) is 24.5. The van der Waals surface area contributed by atoms with Gasteiger partial charge in [0.2, 0.25) is 5.89 Å². The Labute approximate surface area is 216 Å². The number of halogens is 2. The fourth-order valence-electron chi connectivity index (χ4n) is 3.66. The molecule has 8 nitrogen and oxygen atoms in total. The van der Waals surface area contributed by atoms with Crippen molar-refractivity contribution < 1.29 is 32.6 Å². The standard InChI is InChI=1S/C25H17F2N3O5S2/c26-18-9-17(24-16(23(18)27)5-8-36-24)14-1-3-15(4-2-14)35-12-21-29-19(13-37-21)25(33)30(11-22(31)32)10-20-28-6-7-34-20/h1-9,13H,10-12H2,(H,31,32). The van der Waals surface area contributed by atoms with E-state index in [0.717, 1.165) is 4.90 Å². The van der Waals surface area contributed by atoms with Gasteiger partial charge in [0.05, 0.1) is 12.7 Å². The highest BCUT2D eigenvalue weighted by Gasteiger charge is 2.23. The van der Waals surface area contributed by atoms with E-state index in [0.29, 0.717) is 26.6 Å². The first-order valence-electron chi connectivity index (χ1n) is 10.8. The predicted molar refractivity (Wildman–Crippen MR) is 133 cm³/mol. The summed E-state index contributed by atoms with van der Waals surface area (Å²) in [6.07, 6.45) is 2.74. The maximum absolute atomic E-state index is 14.1. The Hall–Kier alpha value is -4.16. The van der Waals surface area contributed by atoms with Gasteiger partial charge in [0.25, 0.3) is 5.91 Å². The second-order valence-corrected chi connectivity index (χ2v) is 9.66. The average Bonchev–Trinajstić information content (AvgIpc) is 3.66. The van der Waals surface area contributed by atoms with Crippen molar-refractivity contribution in [1.29, 1.82) is 0 Å². The maximum atomic E-state index is 14.1. The molecular formula is C25H17F2N3O5S2. The number of rotatable bonds is 9. The zero-order valence-electron chi connectivity index (χ0n) is 18.9. The number of hydrogen-bond donors (Lipinski definition) is 1. The zero-order valence-corrected chi connectivity index (χ0v) is 20.5. The lowest BCUT2D eigenvalue weighted by Crippen LogP contribution is -2.35. The van der Waals surface area contributed by atoms with Crippen molar-refractivity contribution in [3.63, 3.8) is 0 Å². The average molecular weight is 542 g/mol. The van der Waals surface area contributed by atoms with E-state index in [1.807, 2.05) is 0 Å². The molecule has 0 aliphatic rings. The van der Waals surface area contributed by atoms with Crippen LogP contribution in [0.1, 0.15) is 21.4 Å². The number of oxazole rings is 1. The zero-order chi connectivity index (χ0) is 25.9. The number of aromatic nitrogens is 2. The summed E-state index contributed by atoms with van der Waals surface area (Å²) in [6, 6.07) is 9.67. The summed E-state index contributed by atoms with van der Waals surface area (Å²) < 4.78 is 39.7. The molecule has 0 bridgehead atoms. The van der Waals surface area contributed by atoms with E-state index in [4.69, 9.17) is 14.3 Å². The van der Waals surface area contributed by atoms with Crippen molar-refractivity contribution in [2.45, 2.75) is 13.2 Å². The van der Waals surface area contributed by atoms with Gasteiger partial charge in [0.1, 0.15) is 35.9 Å². The van der Waals surface area contributed by atoms with Gasteiger partial charge in [-0.3, -0.25) is 9.59 Å². The molecule has 0 saturated carbocycles. The van der Waals surface area contributed by atoms with Crippen molar-refractivity contribution in [3.8, 4) is 16.9 Å². The molecule has 0 spiro atoms. The Bertz CT molecular complexity index is 1570. The van der Waals surface area contributed by atoms with Crippen LogP contribution in [-0.2, 0) is 17.9 Å². The summed E-state index contributed by atoms with van der Waals surface area (Å²) >= 11 is 2.54. The summed E-state index contributed by atoms with van der Waals surface area (Å²) in [6.45, 7) is -0.563. The highest BCUT2D eigenvalue weighted by atomic mass is 32.1. The van der Waals surface area contributed by atoms with Crippen LogP contribution in [0, 0.1) is 11.6 Å². The molecule has 0 aliphatic heterocycles. The molecular weight excluding hydrogens is 524 g/mol. The summed E-state index contributed by atoms with van der Waals surface area (Å²) in [5.74, 6) is -2.78. The molecule has 0 aliphatic carbocycles. The molecule has 5 rings (SSSR count). The Morgan fingerprint density at radius 3 is 2.68 bits per heavy atom. The van der Waals surface area contributed by atoms with E-state index in [1.54, 1.807) is 35.7 Å². The van der Waals surface area contributed by atoms with Crippen molar-refractivity contribution >= 4 is 44.6 Å². The van der Waals surface area contributed by atoms with Gasteiger partial charge in [-0.25, -0.2) is 18.7 Å². The number of carbonyl (C=O) groups is 2. The third kappa shape index (κ3) is 5.34. The van der Waals surface area contributed by atoms with Crippen LogP contribution in [0.15, 0.2) is 64.0 Å². The van der Waals surface area contributed by atoms with Gasteiger partial charge in [-0.15, -0.1) is 22.7 Å². The van der Waals surface area contributed by atoms with E-state index in [1.165, 1.54) is 46.6 Å². The number of thiophene rings is 1. The van der Waals surface area contributed by atoms with Gasteiger partial charge >= 0.3 is 5.97 Å². The first-order valence-corrected chi connectivity index (χ1v) is 12.6. The van der Waals surface area contributed by atoms with Crippen LogP contribution in [0.3, 0.4) is 0 Å². The van der Waals surface area contributed by atoms with Crippen LogP contribution in [0.5, 0.6) is 5.75 Å². The summed E-state index contributed by atoms with van der Waals surface area (Å²) in [4.78, 5) is 33.3. The Kier molecular flexibility index (Phi) is 6.93. The lowest BCUT2D eigenvalue weighted by atomic mass is 10.0. The lowest BCUT2D eigenvalue weighted by Gasteiger charge is -2.17. The number of carboxylic acid groups (broad SMARTS) is 1. The second-order valence-electron chi connectivity index (χ2n) is 7.80. The van der Waals surface area contributed by atoms with Gasteiger partial charge in [-0.1, -0.05) is 12.1 Å². The third-order valence-electron chi connectivity index (χ3n) is 5.35. The summed E-state index contributed by atoms with van der Waals surface area (Å²) in [5, 5.41) is 13.2. The molecule has 12 heteroatoms. The van der Waals surface area contributed by atoms with Crippen LogP contribution < -0.4 is 4.74 Å². The fourth-order valence-corrected chi connectivity index (χ4v) is 5.27. The number of amides is 1. The quantitative estimate of drug-likeness (QED) is 0.259. The lowest BCUT2D eigenvalue weighted by molar-refractivity contribution is -0.137. The Morgan fingerprint density at radius 2 is 1.95 bits per heavy atom. The molecule has 37 heavy (non-hydrogen) atoms. The predicted octanol–water partition coefficient (Wildman–Crippen LogP) is 5.60. The third-order valence-corrected chi connectivity index (χ3v) is 7.12. The number of fused-ring (bicyclic) bond motifs is 1. The molecule has 3 aromatic heterocycles. The number of carbonyl (C=O) groups excluding carboxylic acids is 1. The fraction of sp³-hybridized carbons (Fsp3) is 0.120. The molecule has 0 atom stereocenters. The van der Waals surface area contributed by atoms with Gasteiger partial charge in [-0.2, -0.15) is 0 Å². The molecule has 1 amide bonds. The molecule has 1 N–H and O–H groups in total. The molecule has 5 aromatic rings. The Morgan fingerprint density at radius 1 is 1.14 bits per heavy atom. The molecule has 0 fully saturated rings. The molecule has 188 valence electrons. The summed E-state index contributed by atoms with van der Waals surface area (Å²) in [5.41, 5.74) is 1.39. The highest BCUT2D eigenvalue weighted by Crippen LogP contribution is 2.36. The summed E-state index contributed by atoms with van der Waals surface area (Å²) in [7, 11) is 0. The van der Waals surface area contributed by atoms with E-state index >= 15 is 0 Å². The van der Waals surface area contributed by atoms with Gasteiger partial charge < -0.3 is 19.2 Å². The minimum Gasteiger partial charge on any atom is -0.486 e. The van der Waals surface area contributed by atoms with E-state index in [2.05, 4.69) is 9.97 Å². The number of benzene rings is 2. The van der Waals surface area contributed by atoms with Crippen LogP contribution in [-0.4, -0.2) is 38.4 Å². The number of aliphatic carboxylic acids is 1. The molecule has 3 heterocycles. The molecule has 0 radical (unpaired) electrons. The van der Waals surface area contributed by atoms with E-state index in [-0.39, 0.29) is 30.1 Å². The smallest absolute Gasteiger partial charge is 0.323 e. The maximum Gasteiger partial charge on any atom is 0.323 e. The number of carboxylic acids is 1. The Balaban J connectivity index is 1.25. The van der Waals surface area contributed by atoms with Crippen LogP contribution in [0.2, 0.25) is 0 Å². The van der Waals surface area contributed by atoms with E-state index in [9.17, 15) is 18.4 Å². The number of thiazole rings is 1. The molecule has 0 saturated heterocycles. The SMILES string of the molecule is O=C(O)CN(Cc1ncco1)C(=O)c1csc(COc2ccc(-c3cc(F)c(F)c4ccsc34)cc2)n1. The monoisotopic (exact) mass is 541 g/mol. The second kappa shape index (κ2) is 10.4. The topological polar surface area (TPSA) is 106 Å². The molecule has 0 unspecified atom stereocenters. The van der Waals surface area contributed by atoms with Crippen molar-refractivity contribution in [3.05, 3.63) is 87.8 Å².